The molecule has 0 aromatic heterocycles. The fourth-order valence-corrected chi connectivity index (χ4v) is 2.72. The van der Waals surface area contributed by atoms with E-state index in [2.05, 4.69) is 15.0 Å². The fraction of sp³-hybridized carbons (Fsp3) is 0.750. The lowest BCUT2D eigenvalue weighted by Gasteiger charge is -2.31. The second-order valence-electron chi connectivity index (χ2n) is 5.17. The number of hydrogen-bond donors (Lipinski definition) is 4. The van der Waals surface area contributed by atoms with E-state index < -0.39 is 37.0 Å². The largest absolute Gasteiger partial charge is 0.394 e. The van der Waals surface area contributed by atoms with Gasteiger partial charge in [-0.25, -0.2) is 9.98 Å². The first-order valence-electron chi connectivity index (χ1n) is 7.00. The number of amidine groups is 1. The zero-order valence-electron chi connectivity index (χ0n) is 12.0. The molecule has 0 aromatic carbocycles. The van der Waals surface area contributed by atoms with Gasteiger partial charge < -0.3 is 29.7 Å². The Labute approximate surface area is 126 Å². The molecular weight excluding hydrogens is 294 g/mol. The van der Waals surface area contributed by atoms with Crippen LogP contribution in [0.5, 0.6) is 0 Å². The summed E-state index contributed by atoms with van der Waals surface area (Å²) in [5.74, 6) is -1.04. The minimum atomic E-state index is -1.42. The molecular formula is C12H19N5O5. The van der Waals surface area contributed by atoms with Crippen LogP contribution in [0.1, 0.15) is 6.92 Å². The lowest BCUT2D eigenvalue weighted by molar-refractivity contribution is -0.0689. The van der Waals surface area contributed by atoms with Gasteiger partial charge in [0.15, 0.2) is 12.1 Å². The number of nitrogens with zero attached hydrogens (tertiary/aromatic N) is 4. The van der Waals surface area contributed by atoms with Crippen molar-refractivity contribution in [2.75, 3.05) is 19.9 Å². The van der Waals surface area contributed by atoms with Crippen molar-refractivity contribution in [1.82, 2.24) is 4.90 Å². The van der Waals surface area contributed by atoms with E-state index in [1.54, 1.807) is 11.8 Å². The van der Waals surface area contributed by atoms with Gasteiger partial charge in [0.25, 0.3) is 5.85 Å². The SMILES string of the molecule is CCOC1(N)N=CN=C2C1=NCN2[C@@H]1O[C@H](CO)[C@@H](O)[C@H]1O. The first-order chi connectivity index (χ1) is 10.5. The lowest BCUT2D eigenvalue weighted by atomic mass is 10.1. The molecule has 3 heterocycles. The molecule has 3 aliphatic heterocycles. The molecule has 10 heteroatoms. The van der Waals surface area contributed by atoms with E-state index in [4.69, 9.17) is 20.3 Å². The monoisotopic (exact) mass is 313 g/mol. The second-order valence-corrected chi connectivity index (χ2v) is 5.17. The lowest BCUT2D eigenvalue weighted by Crippen LogP contribution is -2.56. The maximum absolute atomic E-state index is 10.1. The van der Waals surface area contributed by atoms with Gasteiger partial charge in [-0.3, -0.25) is 10.7 Å². The van der Waals surface area contributed by atoms with Crippen LogP contribution in [0, 0.1) is 0 Å². The molecule has 5 atom stereocenters. The standard InChI is InChI=1S/C12H19N5O5/c1-2-21-12(13)9-10(14-4-16-12)17(5-15-9)11-8(20)7(19)6(3-18)22-11/h4,6-8,11,18-20H,2-3,5,13H2,1H3/t6-,7-,8-,11-,12?/m1/s1. The van der Waals surface area contributed by atoms with Crippen molar-refractivity contribution in [2.24, 2.45) is 20.7 Å². The van der Waals surface area contributed by atoms with Crippen LogP contribution in [0.15, 0.2) is 15.0 Å². The molecule has 1 fully saturated rings. The van der Waals surface area contributed by atoms with Crippen LogP contribution in [0.25, 0.3) is 0 Å². The number of aliphatic hydroxyl groups excluding tert-OH is 3. The van der Waals surface area contributed by atoms with Gasteiger partial charge in [-0.15, -0.1) is 0 Å². The normalized spacial score (nSPS) is 40.7. The van der Waals surface area contributed by atoms with Gasteiger partial charge in [-0.1, -0.05) is 0 Å². The van der Waals surface area contributed by atoms with Crippen molar-refractivity contribution in [3.8, 4) is 0 Å². The van der Waals surface area contributed by atoms with Gasteiger partial charge >= 0.3 is 0 Å². The first-order valence-corrected chi connectivity index (χ1v) is 7.00. The average molecular weight is 313 g/mol. The third-order valence-electron chi connectivity index (χ3n) is 3.82. The zero-order valence-corrected chi connectivity index (χ0v) is 12.0. The molecule has 0 aliphatic carbocycles. The highest BCUT2D eigenvalue weighted by atomic mass is 16.6. The van der Waals surface area contributed by atoms with Gasteiger partial charge in [-0.05, 0) is 6.92 Å². The van der Waals surface area contributed by atoms with Crippen molar-refractivity contribution in [3.63, 3.8) is 0 Å². The Morgan fingerprint density at radius 3 is 2.91 bits per heavy atom. The van der Waals surface area contributed by atoms with Crippen LogP contribution >= 0.6 is 0 Å². The molecule has 5 N–H and O–H groups in total. The van der Waals surface area contributed by atoms with Crippen LogP contribution in [0.3, 0.4) is 0 Å². The molecule has 3 aliphatic rings. The number of rotatable bonds is 4. The summed E-state index contributed by atoms with van der Waals surface area (Å²) < 4.78 is 10.9. The first kappa shape index (κ1) is 15.5. The van der Waals surface area contributed by atoms with Crippen molar-refractivity contribution in [2.45, 2.75) is 37.3 Å². The van der Waals surface area contributed by atoms with E-state index in [0.717, 1.165) is 0 Å². The topological polar surface area (TPSA) is 145 Å². The summed E-state index contributed by atoms with van der Waals surface area (Å²) in [4.78, 5) is 14.0. The molecule has 0 saturated carbocycles. The van der Waals surface area contributed by atoms with Crippen LogP contribution in [0.2, 0.25) is 0 Å². The van der Waals surface area contributed by atoms with E-state index in [1.165, 1.54) is 6.34 Å². The predicted octanol–water partition coefficient (Wildman–Crippen LogP) is -2.77. The number of fused-ring (bicyclic) bond motifs is 1. The molecule has 0 spiro atoms. The molecule has 0 radical (unpaired) electrons. The Morgan fingerprint density at radius 2 is 2.27 bits per heavy atom. The highest BCUT2D eigenvalue weighted by Gasteiger charge is 2.50. The predicted molar refractivity (Wildman–Crippen MR) is 76.4 cm³/mol. The summed E-state index contributed by atoms with van der Waals surface area (Å²) in [6.45, 7) is 1.86. The highest BCUT2D eigenvalue weighted by Crippen LogP contribution is 2.29. The van der Waals surface area contributed by atoms with E-state index in [-0.39, 0.29) is 6.67 Å². The number of nitrogens with two attached hydrogens (primary N) is 1. The number of ether oxygens (including phenoxy) is 2. The Morgan fingerprint density at radius 1 is 1.50 bits per heavy atom. The average Bonchev–Trinajstić information content (AvgIpc) is 3.03. The van der Waals surface area contributed by atoms with Crippen LogP contribution in [-0.2, 0) is 9.47 Å². The summed E-state index contributed by atoms with van der Waals surface area (Å²) in [6, 6.07) is 0. The quantitative estimate of drug-likeness (QED) is 0.411. The van der Waals surface area contributed by atoms with Gasteiger partial charge in [-0.2, -0.15) is 0 Å². The molecule has 3 rings (SSSR count). The van der Waals surface area contributed by atoms with Crippen molar-refractivity contribution in [3.05, 3.63) is 0 Å². The maximum atomic E-state index is 10.1. The molecule has 122 valence electrons. The summed E-state index contributed by atoms with van der Waals surface area (Å²) in [6.07, 6.45) is -2.87. The van der Waals surface area contributed by atoms with Crippen LogP contribution < -0.4 is 5.73 Å². The Hall–Kier alpha value is -1.43. The summed E-state index contributed by atoms with van der Waals surface area (Å²) in [5.41, 5.74) is 6.42. The minimum absolute atomic E-state index is 0.135. The van der Waals surface area contributed by atoms with E-state index >= 15 is 0 Å². The summed E-state index contributed by atoms with van der Waals surface area (Å²) >= 11 is 0. The Bertz CT molecular complexity index is 538. The third-order valence-corrected chi connectivity index (χ3v) is 3.82. The third kappa shape index (κ3) is 2.24. The minimum Gasteiger partial charge on any atom is -0.394 e. The smallest absolute Gasteiger partial charge is 0.263 e. The van der Waals surface area contributed by atoms with E-state index in [9.17, 15) is 10.2 Å². The summed E-state index contributed by atoms with van der Waals surface area (Å²) in [5, 5.41) is 29.1. The fourth-order valence-electron chi connectivity index (χ4n) is 2.72. The molecule has 0 bridgehead atoms. The van der Waals surface area contributed by atoms with Crippen molar-refractivity contribution in [1.29, 1.82) is 0 Å². The second kappa shape index (κ2) is 5.65. The molecule has 10 nitrogen and oxygen atoms in total. The molecule has 1 saturated heterocycles. The van der Waals surface area contributed by atoms with Gasteiger partial charge in [0.2, 0.25) is 0 Å². The van der Waals surface area contributed by atoms with E-state index in [1.807, 2.05) is 0 Å². The number of hydrogen-bond acceptors (Lipinski definition) is 10. The molecule has 22 heavy (non-hydrogen) atoms. The van der Waals surface area contributed by atoms with Crippen LogP contribution in [0.4, 0.5) is 0 Å². The molecule has 0 aromatic rings. The molecule has 1 unspecified atom stereocenters. The zero-order chi connectivity index (χ0) is 15.9. The molecule has 0 amide bonds. The van der Waals surface area contributed by atoms with Crippen molar-refractivity contribution < 1.29 is 24.8 Å². The van der Waals surface area contributed by atoms with E-state index in [0.29, 0.717) is 18.2 Å². The van der Waals surface area contributed by atoms with Gasteiger partial charge in [0.05, 0.1) is 6.61 Å². The number of aliphatic hydroxyl groups is 3. The Balaban J connectivity index is 1.83. The maximum Gasteiger partial charge on any atom is 0.263 e. The number of aliphatic imine (C=N–C) groups is 3. The summed E-state index contributed by atoms with van der Waals surface area (Å²) in [7, 11) is 0. The van der Waals surface area contributed by atoms with Gasteiger partial charge in [0.1, 0.15) is 37.0 Å². The highest BCUT2D eigenvalue weighted by molar-refractivity contribution is 6.47. The van der Waals surface area contributed by atoms with Gasteiger partial charge in [0, 0.05) is 6.61 Å². The van der Waals surface area contributed by atoms with Crippen molar-refractivity contribution >= 4 is 17.9 Å². The Kier molecular flexibility index (Phi) is 3.97. The van der Waals surface area contributed by atoms with Crippen LogP contribution in [-0.4, -0.2) is 88.4 Å².